The highest BCUT2D eigenvalue weighted by Crippen LogP contribution is 2.38. The highest BCUT2D eigenvalue weighted by molar-refractivity contribution is 7.80. The molecule has 1 amide bonds. The molecule has 9 heteroatoms. The van der Waals surface area contributed by atoms with E-state index < -0.39 is 5.91 Å². The van der Waals surface area contributed by atoms with Gasteiger partial charge >= 0.3 is 0 Å². The monoisotopic (exact) mass is 462 g/mol. The molecule has 0 atom stereocenters. The number of hydrogen-bond acceptors (Lipinski definition) is 7. The third-order valence-corrected chi connectivity index (χ3v) is 4.84. The van der Waals surface area contributed by atoms with Crippen LogP contribution in [0.25, 0.3) is 0 Å². The SMILES string of the molecule is CCCCOc1ccc(CNC(=S)NC(=O)c2cc(OC)c(OC)c(OC)c2)cc1OC. The van der Waals surface area contributed by atoms with Crippen molar-refractivity contribution >= 4 is 23.2 Å². The molecule has 0 aliphatic heterocycles. The number of benzene rings is 2. The maximum atomic E-state index is 12.6. The predicted molar refractivity (Wildman–Crippen MR) is 126 cm³/mol. The number of nitrogens with one attached hydrogen (secondary N) is 2. The van der Waals surface area contributed by atoms with E-state index in [1.165, 1.54) is 21.3 Å². The van der Waals surface area contributed by atoms with Crippen molar-refractivity contribution in [3.63, 3.8) is 0 Å². The number of carbonyl (C=O) groups excluding carboxylic acids is 1. The van der Waals surface area contributed by atoms with Crippen LogP contribution in [0.1, 0.15) is 35.7 Å². The van der Waals surface area contributed by atoms with Gasteiger partial charge in [0.1, 0.15) is 0 Å². The zero-order valence-corrected chi connectivity index (χ0v) is 19.9. The summed E-state index contributed by atoms with van der Waals surface area (Å²) in [6.45, 7) is 3.15. The van der Waals surface area contributed by atoms with Gasteiger partial charge in [-0.2, -0.15) is 0 Å². The van der Waals surface area contributed by atoms with Gasteiger partial charge in [-0.15, -0.1) is 0 Å². The van der Waals surface area contributed by atoms with E-state index in [2.05, 4.69) is 17.6 Å². The fourth-order valence-corrected chi connectivity index (χ4v) is 3.05. The molecule has 32 heavy (non-hydrogen) atoms. The van der Waals surface area contributed by atoms with Crippen LogP contribution in [0.15, 0.2) is 30.3 Å². The van der Waals surface area contributed by atoms with E-state index in [1.807, 2.05) is 18.2 Å². The Morgan fingerprint density at radius 3 is 2.12 bits per heavy atom. The number of thiocarbonyl (C=S) groups is 1. The normalized spacial score (nSPS) is 10.2. The lowest BCUT2D eigenvalue weighted by atomic mass is 10.1. The van der Waals surface area contributed by atoms with Crippen molar-refractivity contribution in [3.05, 3.63) is 41.5 Å². The molecule has 0 aliphatic carbocycles. The van der Waals surface area contributed by atoms with E-state index in [9.17, 15) is 4.79 Å². The summed E-state index contributed by atoms with van der Waals surface area (Å²) in [6.07, 6.45) is 2.04. The third-order valence-electron chi connectivity index (χ3n) is 4.59. The van der Waals surface area contributed by atoms with Crippen LogP contribution in [0.4, 0.5) is 0 Å². The van der Waals surface area contributed by atoms with Crippen molar-refractivity contribution in [1.29, 1.82) is 0 Å². The number of rotatable bonds is 11. The maximum absolute atomic E-state index is 12.6. The molecule has 0 saturated heterocycles. The molecule has 0 unspecified atom stereocenters. The minimum absolute atomic E-state index is 0.186. The van der Waals surface area contributed by atoms with Gasteiger partial charge in [0.25, 0.3) is 5.91 Å². The summed E-state index contributed by atoms with van der Waals surface area (Å²) >= 11 is 5.27. The van der Waals surface area contributed by atoms with Crippen molar-refractivity contribution in [2.24, 2.45) is 0 Å². The molecule has 0 radical (unpaired) electrons. The summed E-state index contributed by atoms with van der Waals surface area (Å²) in [7, 11) is 6.07. The van der Waals surface area contributed by atoms with Crippen LogP contribution >= 0.6 is 12.2 Å². The summed E-state index contributed by atoms with van der Waals surface area (Å²) in [5.74, 6) is 2.10. The van der Waals surface area contributed by atoms with Crippen LogP contribution in [0.3, 0.4) is 0 Å². The Bertz CT molecular complexity index is 910. The van der Waals surface area contributed by atoms with E-state index >= 15 is 0 Å². The lowest BCUT2D eigenvalue weighted by molar-refractivity contribution is 0.0976. The van der Waals surface area contributed by atoms with E-state index in [4.69, 9.17) is 35.9 Å². The van der Waals surface area contributed by atoms with Gasteiger partial charge in [-0.3, -0.25) is 10.1 Å². The lowest BCUT2D eigenvalue weighted by Crippen LogP contribution is -2.38. The number of ether oxygens (including phenoxy) is 5. The van der Waals surface area contributed by atoms with Gasteiger partial charge < -0.3 is 29.0 Å². The molecule has 2 rings (SSSR count). The quantitative estimate of drug-likeness (QED) is 0.386. The average Bonchev–Trinajstić information content (AvgIpc) is 2.82. The Morgan fingerprint density at radius 1 is 0.906 bits per heavy atom. The van der Waals surface area contributed by atoms with Gasteiger partial charge in [0.15, 0.2) is 28.1 Å². The van der Waals surface area contributed by atoms with Crippen LogP contribution < -0.4 is 34.3 Å². The molecule has 0 bridgehead atoms. The molecule has 2 aromatic rings. The third kappa shape index (κ3) is 6.65. The number of unbranched alkanes of at least 4 members (excludes halogenated alkanes) is 1. The fraction of sp³-hybridized carbons (Fsp3) is 0.391. The Balaban J connectivity index is 2.00. The van der Waals surface area contributed by atoms with Crippen LogP contribution in [0.5, 0.6) is 28.7 Å². The minimum Gasteiger partial charge on any atom is -0.493 e. The molecular weight excluding hydrogens is 432 g/mol. The lowest BCUT2D eigenvalue weighted by Gasteiger charge is -2.15. The molecule has 0 aliphatic rings. The molecule has 0 fully saturated rings. The van der Waals surface area contributed by atoms with Crippen LogP contribution in [-0.4, -0.2) is 46.1 Å². The van der Waals surface area contributed by atoms with Crippen molar-refractivity contribution in [3.8, 4) is 28.7 Å². The molecule has 2 aromatic carbocycles. The first kappa shape index (κ1) is 25.1. The van der Waals surface area contributed by atoms with E-state index in [0.29, 0.717) is 47.5 Å². The van der Waals surface area contributed by atoms with Gasteiger partial charge in [0.05, 0.1) is 35.0 Å². The summed E-state index contributed by atoms with van der Waals surface area (Å²) in [5.41, 5.74) is 1.24. The topological polar surface area (TPSA) is 87.3 Å². The molecule has 0 aromatic heterocycles. The second kappa shape index (κ2) is 12.6. The second-order valence-electron chi connectivity index (χ2n) is 6.74. The van der Waals surface area contributed by atoms with E-state index in [1.54, 1.807) is 19.2 Å². The maximum Gasteiger partial charge on any atom is 0.257 e. The van der Waals surface area contributed by atoms with Gasteiger partial charge in [-0.05, 0) is 48.5 Å². The van der Waals surface area contributed by atoms with Crippen molar-refractivity contribution in [1.82, 2.24) is 10.6 Å². The Morgan fingerprint density at radius 2 is 1.56 bits per heavy atom. The Hall–Kier alpha value is -3.20. The summed E-state index contributed by atoms with van der Waals surface area (Å²) in [6, 6.07) is 8.77. The van der Waals surface area contributed by atoms with E-state index in [-0.39, 0.29) is 5.11 Å². The molecule has 0 saturated carbocycles. The van der Waals surface area contributed by atoms with Crippen LogP contribution in [0.2, 0.25) is 0 Å². The smallest absolute Gasteiger partial charge is 0.257 e. The number of amides is 1. The molecule has 0 heterocycles. The van der Waals surface area contributed by atoms with Gasteiger partial charge in [-0.25, -0.2) is 0 Å². The minimum atomic E-state index is -0.404. The highest BCUT2D eigenvalue weighted by atomic mass is 32.1. The van der Waals surface area contributed by atoms with E-state index in [0.717, 1.165) is 18.4 Å². The average molecular weight is 463 g/mol. The largest absolute Gasteiger partial charge is 0.493 e. The number of carbonyl (C=O) groups is 1. The first-order valence-corrected chi connectivity index (χ1v) is 10.6. The first-order valence-electron chi connectivity index (χ1n) is 10.2. The summed E-state index contributed by atoms with van der Waals surface area (Å²) in [5, 5.41) is 5.86. The van der Waals surface area contributed by atoms with Crippen molar-refractivity contribution in [2.75, 3.05) is 35.0 Å². The van der Waals surface area contributed by atoms with Crippen LogP contribution in [0, 0.1) is 0 Å². The first-order chi connectivity index (χ1) is 15.5. The molecule has 8 nitrogen and oxygen atoms in total. The number of methoxy groups -OCH3 is 4. The van der Waals surface area contributed by atoms with Gasteiger partial charge in [0, 0.05) is 12.1 Å². The van der Waals surface area contributed by atoms with Crippen molar-refractivity contribution < 1.29 is 28.5 Å². The summed E-state index contributed by atoms with van der Waals surface area (Å²) in [4.78, 5) is 12.6. The summed E-state index contributed by atoms with van der Waals surface area (Å²) < 4.78 is 27.0. The van der Waals surface area contributed by atoms with Gasteiger partial charge in [0.2, 0.25) is 5.75 Å². The predicted octanol–water partition coefficient (Wildman–Crippen LogP) is 3.70. The molecule has 0 spiro atoms. The molecule has 174 valence electrons. The van der Waals surface area contributed by atoms with Crippen molar-refractivity contribution in [2.45, 2.75) is 26.3 Å². The fourth-order valence-electron chi connectivity index (χ4n) is 2.88. The Labute approximate surface area is 194 Å². The standard InChI is InChI=1S/C23H30N2O6S/c1-6-7-10-31-17-9-8-15(11-18(17)27-2)14-24-23(32)25-22(26)16-12-19(28-3)21(30-5)20(13-16)29-4/h8-9,11-13H,6-7,10,14H2,1-5H3,(H2,24,25,26,32). The highest BCUT2D eigenvalue weighted by Gasteiger charge is 2.17. The number of hydrogen-bond donors (Lipinski definition) is 2. The van der Waals surface area contributed by atoms with Crippen LogP contribution in [-0.2, 0) is 6.54 Å². The zero-order chi connectivity index (χ0) is 23.5. The second-order valence-corrected chi connectivity index (χ2v) is 7.15. The van der Waals surface area contributed by atoms with Gasteiger partial charge in [-0.1, -0.05) is 19.4 Å². The Kier molecular flexibility index (Phi) is 9.87. The zero-order valence-electron chi connectivity index (χ0n) is 19.1. The molecule has 2 N–H and O–H groups in total. The molecular formula is C23H30N2O6S.